The molecule has 0 saturated carbocycles. The first-order valence-electron chi connectivity index (χ1n) is 5.00. The van der Waals surface area contributed by atoms with Crippen LogP contribution in [0, 0.1) is 0 Å². The summed E-state index contributed by atoms with van der Waals surface area (Å²) in [4.78, 5) is 0. The standard InChI is InChI=1S/C11H15Cl2NO2/c1-16-9-5-4-7(10(12)11(9)13)8(14)3-2-6-15/h4-5,8,15H,2-3,6,14H2,1H3. The average molecular weight is 264 g/mol. The van der Waals surface area contributed by atoms with E-state index in [1.807, 2.05) is 0 Å². The molecule has 1 aromatic rings. The molecule has 0 aliphatic carbocycles. The topological polar surface area (TPSA) is 55.5 Å². The average Bonchev–Trinajstić information content (AvgIpc) is 2.29. The maximum atomic E-state index is 8.73. The fourth-order valence-electron chi connectivity index (χ4n) is 1.46. The Hall–Kier alpha value is -0.480. The Morgan fingerprint density at radius 3 is 2.62 bits per heavy atom. The molecule has 1 aromatic carbocycles. The van der Waals surface area contributed by atoms with Gasteiger partial charge in [-0.1, -0.05) is 29.3 Å². The molecule has 0 saturated heterocycles. The van der Waals surface area contributed by atoms with Crippen LogP contribution < -0.4 is 10.5 Å². The summed E-state index contributed by atoms with van der Waals surface area (Å²) in [5.41, 5.74) is 6.73. The first-order chi connectivity index (χ1) is 7.61. The first kappa shape index (κ1) is 13.6. The fraction of sp³-hybridized carbons (Fsp3) is 0.455. The Kier molecular flexibility index (Phi) is 5.35. The molecule has 1 unspecified atom stereocenters. The van der Waals surface area contributed by atoms with Gasteiger partial charge in [-0.3, -0.25) is 0 Å². The zero-order valence-electron chi connectivity index (χ0n) is 9.04. The summed E-state index contributed by atoms with van der Waals surface area (Å²) in [7, 11) is 1.53. The highest BCUT2D eigenvalue weighted by atomic mass is 35.5. The normalized spacial score (nSPS) is 12.6. The van der Waals surface area contributed by atoms with E-state index in [4.69, 9.17) is 38.8 Å². The molecule has 0 heterocycles. The van der Waals surface area contributed by atoms with E-state index in [9.17, 15) is 0 Å². The Labute approximate surface area is 105 Å². The molecular formula is C11H15Cl2NO2. The van der Waals surface area contributed by atoms with Crippen molar-refractivity contribution in [3.63, 3.8) is 0 Å². The van der Waals surface area contributed by atoms with Gasteiger partial charge in [0.15, 0.2) is 0 Å². The van der Waals surface area contributed by atoms with Crippen LogP contribution in [0.15, 0.2) is 12.1 Å². The molecule has 5 heteroatoms. The predicted octanol–water partition coefficient (Wildman–Crippen LogP) is 2.77. The van der Waals surface area contributed by atoms with Gasteiger partial charge in [0, 0.05) is 12.6 Å². The van der Waals surface area contributed by atoms with Crippen LogP contribution in [0.1, 0.15) is 24.4 Å². The third-order valence-corrected chi connectivity index (χ3v) is 3.25. The summed E-state index contributed by atoms with van der Waals surface area (Å²) < 4.78 is 5.04. The number of ether oxygens (including phenoxy) is 1. The zero-order valence-corrected chi connectivity index (χ0v) is 10.6. The Morgan fingerprint density at radius 1 is 1.38 bits per heavy atom. The molecule has 3 N–H and O–H groups in total. The maximum Gasteiger partial charge on any atom is 0.139 e. The second-order valence-corrected chi connectivity index (χ2v) is 4.21. The van der Waals surface area contributed by atoms with Crippen molar-refractivity contribution in [3.05, 3.63) is 27.7 Å². The smallest absolute Gasteiger partial charge is 0.139 e. The lowest BCUT2D eigenvalue weighted by Gasteiger charge is -2.15. The van der Waals surface area contributed by atoms with Crippen molar-refractivity contribution in [1.29, 1.82) is 0 Å². The number of rotatable bonds is 5. The summed E-state index contributed by atoms with van der Waals surface area (Å²) in [6.45, 7) is 0.120. The van der Waals surface area contributed by atoms with Gasteiger partial charge in [-0.05, 0) is 24.5 Å². The minimum Gasteiger partial charge on any atom is -0.495 e. The third kappa shape index (κ3) is 3.01. The van der Waals surface area contributed by atoms with Crippen molar-refractivity contribution in [2.45, 2.75) is 18.9 Å². The second-order valence-electron chi connectivity index (χ2n) is 3.46. The summed E-state index contributed by atoms with van der Waals surface area (Å²) in [5, 5.41) is 9.53. The summed E-state index contributed by atoms with van der Waals surface area (Å²) in [5.74, 6) is 0.532. The van der Waals surface area contributed by atoms with Gasteiger partial charge in [0.2, 0.25) is 0 Å². The summed E-state index contributed by atoms with van der Waals surface area (Å²) >= 11 is 12.1. The maximum absolute atomic E-state index is 8.73. The quantitative estimate of drug-likeness (QED) is 0.859. The molecule has 0 aliphatic rings. The highest BCUT2D eigenvalue weighted by molar-refractivity contribution is 6.43. The Bertz CT molecular complexity index is 358. The number of aliphatic hydroxyl groups excluding tert-OH is 1. The van der Waals surface area contributed by atoms with Crippen LogP contribution in [0.25, 0.3) is 0 Å². The van der Waals surface area contributed by atoms with Crippen molar-refractivity contribution < 1.29 is 9.84 Å². The Balaban J connectivity index is 2.93. The number of hydrogen-bond acceptors (Lipinski definition) is 3. The number of nitrogens with two attached hydrogens (primary N) is 1. The monoisotopic (exact) mass is 263 g/mol. The molecule has 0 amide bonds. The van der Waals surface area contributed by atoms with Crippen molar-refractivity contribution in [1.82, 2.24) is 0 Å². The van der Waals surface area contributed by atoms with Crippen molar-refractivity contribution in [2.75, 3.05) is 13.7 Å². The van der Waals surface area contributed by atoms with Gasteiger partial charge in [0.05, 0.1) is 12.1 Å². The molecule has 0 radical (unpaired) electrons. The fourth-order valence-corrected chi connectivity index (χ4v) is 2.00. The van der Waals surface area contributed by atoms with E-state index < -0.39 is 0 Å². The molecule has 0 fully saturated rings. The largest absolute Gasteiger partial charge is 0.495 e. The number of benzene rings is 1. The lowest BCUT2D eigenvalue weighted by atomic mass is 10.0. The van der Waals surface area contributed by atoms with Crippen LogP contribution in [-0.4, -0.2) is 18.8 Å². The second kappa shape index (κ2) is 6.30. The minimum absolute atomic E-state index is 0.120. The molecular weight excluding hydrogens is 249 g/mol. The molecule has 0 spiro atoms. The number of halogens is 2. The van der Waals surface area contributed by atoms with E-state index in [2.05, 4.69) is 0 Å². The molecule has 0 aromatic heterocycles. The highest BCUT2D eigenvalue weighted by Gasteiger charge is 2.15. The predicted molar refractivity (Wildman–Crippen MR) is 66.3 cm³/mol. The van der Waals surface area contributed by atoms with E-state index in [-0.39, 0.29) is 12.6 Å². The van der Waals surface area contributed by atoms with Gasteiger partial charge in [-0.2, -0.15) is 0 Å². The van der Waals surface area contributed by atoms with E-state index >= 15 is 0 Å². The molecule has 1 atom stereocenters. The zero-order chi connectivity index (χ0) is 12.1. The van der Waals surface area contributed by atoms with Gasteiger partial charge in [-0.15, -0.1) is 0 Å². The van der Waals surface area contributed by atoms with Gasteiger partial charge in [0.25, 0.3) is 0 Å². The van der Waals surface area contributed by atoms with Gasteiger partial charge in [-0.25, -0.2) is 0 Å². The van der Waals surface area contributed by atoms with Crippen molar-refractivity contribution in [3.8, 4) is 5.75 Å². The van der Waals surface area contributed by atoms with Crippen molar-refractivity contribution in [2.24, 2.45) is 5.73 Å². The van der Waals surface area contributed by atoms with Crippen LogP contribution in [0.5, 0.6) is 5.75 Å². The molecule has 0 bridgehead atoms. The number of hydrogen-bond donors (Lipinski definition) is 2. The van der Waals surface area contributed by atoms with Gasteiger partial charge < -0.3 is 15.6 Å². The summed E-state index contributed by atoms with van der Waals surface area (Å²) in [6, 6.07) is 3.32. The van der Waals surface area contributed by atoms with Crippen LogP contribution in [0.4, 0.5) is 0 Å². The molecule has 1 rings (SSSR count). The van der Waals surface area contributed by atoms with Gasteiger partial charge in [0.1, 0.15) is 10.8 Å². The highest BCUT2D eigenvalue weighted by Crippen LogP contribution is 2.37. The number of aliphatic hydroxyl groups is 1. The van der Waals surface area contributed by atoms with E-state index in [0.717, 1.165) is 5.56 Å². The summed E-state index contributed by atoms with van der Waals surface area (Å²) in [6.07, 6.45) is 1.31. The van der Waals surface area contributed by atoms with Crippen LogP contribution in [-0.2, 0) is 0 Å². The Morgan fingerprint density at radius 2 is 2.06 bits per heavy atom. The first-order valence-corrected chi connectivity index (χ1v) is 5.75. The molecule has 16 heavy (non-hydrogen) atoms. The molecule has 0 aliphatic heterocycles. The lowest BCUT2D eigenvalue weighted by molar-refractivity contribution is 0.280. The van der Waals surface area contributed by atoms with Crippen LogP contribution in [0.2, 0.25) is 10.0 Å². The lowest BCUT2D eigenvalue weighted by Crippen LogP contribution is -2.11. The number of methoxy groups -OCH3 is 1. The van der Waals surface area contributed by atoms with Crippen LogP contribution >= 0.6 is 23.2 Å². The van der Waals surface area contributed by atoms with Crippen LogP contribution in [0.3, 0.4) is 0 Å². The molecule has 3 nitrogen and oxygen atoms in total. The van der Waals surface area contributed by atoms with Gasteiger partial charge >= 0.3 is 0 Å². The van der Waals surface area contributed by atoms with E-state index in [1.54, 1.807) is 12.1 Å². The van der Waals surface area contributed by atoms with Crippen molar-refractivity contribution >= 4 is 23.2 Å². The minimum atomic E-state index is -0.219. The SMILES string of the molecule is COc1ccc(C(N)CCCO)c(Cl)c1Cl. The third-order valence-electron chi connectivity index (χ3n) is 2.37. The van der Waals surface area contributed by atoms with E-state index in [0.29, 0.717) is 28.6 Å². The van der Waals surface area contributed by atoms with E-state index in [1.165, 1.54) is 7.11 Å². The molecule has 90 valence electrons.